The van der Waals surface area contributed by atoms with Crippen LogP contribution in [0.5, 0.6) is 0 Å². The van der Waals surface area contributed by atoms with Crippen LogP contribution in [0.4, 0.5) is 11.5 Å². The number of aromatic nitrogens is 1. The summed E-state index contributed by atoms with van der Waals surface area (Å²) >= 11 is 0. The highest BCUT2D eigenvalue weighted by molar-refractivity contribution is 5.95. The second-order valence-electron chi connectivity index (χ2n) is 4.45. The highest BCUT2D eigenvalue weighted by Gasteiger charge is 2.15. The van der Waals surface area contributed by atoms with E-state index in [0.717, 1.165) is 19.4 Å². The second-order valence-corrected chi connectivity index (χ2v) is 4.45. The number of nitrogens with one attached hydrogen (secondary N) is 1. The maximum absolute atomic E-state index is 11.8. The maximum Gasteiger partial charge on any atom is 0.341 e. The summed E-state index contributed by atoms with van der Waals surface area (Å²) in [6.07, 6.45) is 3.72. The van der Waals surface area contributed by atoms with Crippen molar-refractivity contribution in [1.82, 2.24) is 4.98 Å². The molecular formula is C14H23N3O2. The summed E-state index contributed by atoms with van der Waals surface area (Å²) in [7, 11) is 0. The van der Waals surface area contributed by atoms with Gasteiger partial charge in [0, 0.05) is 6.54 Å². The zero-order chi connectivity index (χ0) is 14.3. The van der Waals surface area contributed by atoms with Gasteiger partial charge < -0.3 is 15.8 Å². The van der Waals surface area contributed by atoms with Gasteiger partial charge in [0.1, 0.15) is 11.4 Å². The molecule has 0 saturated carbocycles. The van der Waals surface area contributed by atoms with Gasteiger partial charge in [0.25, 0.3) is 0 Å². The van der Waals surface area contributed by atoms with Crippen LogP contribution in [-0.2, 0) is 4.74 Å². The monoisotopic (exact) mass is 265 g/mol. The summed E-state index contributed by atoms with van der Waals surface area (Å²) < 4.78 is 5.01. The molecule has 0 aliphatic carbocycles. The summed E-state index contributed by atoms with van der Waals surface area (Å²) in [4.78, 5) is 16.0. The minimum atomic E-state index is -0.394. The molecule has 106 valence electrons. The van der Waals surface area contributed by atoms with E-state index >= 15 is 0 Å². The van der Waals surface area contributed by atoms with E-state index in [9.17, 15) is 4.79 Å². The Kier molecular flexibility index (Phi) is 6.12. The quantitative estimate of drug-likeness (QED) is 0.741. The van der Waals surface area contributed by atoms with Crippen LogP contribution >= 0.6 is 0 Å². The summed E-state index contributed by atoms with van der Waals surface area (Å²) in [6, 6.07) is 1.60. The molecule has 3 N–H and O–H groups in total. The molecule has 0 atom stereocenters. The van der Waals surface area contributed by atoms with E-state index in [2.05, 4.69) is 24.1 Å². The van der Waals surface area contributed by atoms with Gasteiger partial charge in [0.05, 0.1) is 18.5 Å². The summed E-state index contributed by atoms with van der Waals surface area (Å²) in [5.41, 5.74) is 6.52. The molecule has 5 nitrogen and oxygen atoms in total. The maximum atomic E-state index is 11.8. The zero-order valence-corrected chi connectivity index (χ0v) is 11.9. The zero-order valence-electron chi connectivity index (χ0n) is 11.9. The van der Waals surface area contributed by atoms with Crippen molar-refractivity contribution in [3.05, 3.63) is 17.8 Å². The number of rotatable bonds is 7. The lowest BCUT2D eigenvalue weighted by atomic mass is 10.0. The van der Waals surface area contributed by atoms with Crippen LogP contribution in [0, 0.1) is 5.92 Å². The van der Waals surface area contributed by atoms with Crippen LogP contribution in [0.15, 0.2) is 12.3 Å². The number of hydrogen-bond acceptors (Lipinski definition) is 5. The number of hydrogen-bond donors (Lipinski definition) is 2. The Labute approximate surface area is 114 Å². The smallest absolute Gasteiger partial charge is 0.341 e. The van der Waals surface area contributed by atoms with Crippen molar-refractivity contribution in [2.24, 2.45) is 5.92 Å². The first-order valence-electron chi connectivity index (χ1n) is 6.78. The predicted octanol–water partition coefficient (Wildman–Crippen LogP) is 2.69. The molecule has 0 fully saturated rings. The van der Waals surface area contributed by atoms with Gasteiger partial charge in [-0.15, -0.1) is 0 Å². The Morgan fingerprint density at radius 1 is 1.42 bits per heavy atom. The van der Waals surface area contributed by atoms with Crippen molar-refractivity contribution in [3.8, 4) is 0 Å². The molecule has 0 unspecified atom stereocenters. The van der Waals surface area contributed by atoms with Crippen molar-refractivity contribution in [2.75, 3.05) is 24.2 Å². The van der Waals surface area contributed by atoms with Crippen molar-refractivity contribution in [1.29, 1.82) is 0 Å². The number of nitrogens with zero attached hydrogens (tertiary/aromatic N) is 1. The van der Waals surface area contributed by atoms with Crippen molar-refractivity contribution >= 4 is 17.5 Å². The lowest BCUT2D eigenvalue weighted by Crippen LogP contribution is -2.17. The number of carbonyl (C=O) groups is 1. The third kappa shape index (κ3) is 4.43. The summed E-state index contributed by atoms with van der Waals surface area (Å²) in [5.74, 6) is 0.711. The van der Waals surface area contributed by atoms with Crippen LogP contribution < -0.4 is 11.1 Å². The minimum absolute atomic E-state index is 0.333. The molecule has 0 bridgehead atoms. The largest absolute Gasteiger partial charge is 0.462 e. The van der Waals surface area contributed by atoms with Crippen LogP contribution in [-0.4, -0.2) is 24.1 Å². The number of carbonyl (C=O) groups excluding carboxylic acids is 1. The standard InChI is InChI=1S/C14H23N3O2/c1-4-10(5-2)8-16-13-12(14(18)19-6-3)7-11(15)9-17-13/h7,9-10H,4-6,8,15H2,1-3H3,(H,16,17). The molecule has 0 aromatic carbocycles. The van der Waals surface area contributed by atoms with E-state index in [1.165, 1.54) is 6.20 Å². The Bertz CT molecular complexity index is 417. The van der Waals surface area contributed by atoms with Crippen LogP contribution in [0.3, 0.4) is 0 Å². The third-order valence-corrected chi connectivity index (χ3v) is 3.12. The predicted molar refractivity (Wildman–Crippen MR) is 77.2 cm³/mol. The molecule has 0 aliphatic rings. The van der Waals surface area contributed by atoms with Gasteiger partial charge in [0.2, 0.25) is 0 Å². The normalized spacial score (nSPS) is 10.5. The lowest BCUT2D eigenvalue weighted by Gasteiger charge is -2.15. The fraction of sp³-hybridized carbons (Fsp3) is 0.571. The van der Waals surface area contributed by atoms with E-state index in [1.807, 2.05) is 0 Å². The first-order chi connectivity index (χ1) is 9.12. The van der Waals surface area contributed by atoms with Gasteiger partial charge in [-0.05, 0) is 18.9 Å². The van der Waals surface area contributed by atoms with E-state index in [0.29, 0.717) is 29.6 Å². The number of pyridine rings is 1. The molecule has 1 rings (SSSR count). The summed E-state index contributed by atoms with van der Waals surface area (Å²) in [5, 5.41) is 3.21. The molecule has 0 spiro atoms. The fourth-order valence-corrected chi connectivity index (χ4v) is 1.80. The second kappa shape index (κ2) is 7.61. The number of nitrogen functional groups attached to an aromatic ring is 1. The highest BCUT2D eigenvalue weighted by atomic mass is 16.5. The molecule has 0 radical (unpaired) electrons. The molecule has 1 heterocycles. The average Bonchev–Trinajstić information content (AvgIpc) is 2.41. The van der Waals surface area contributed by atoms with Crippen molar-refractivity contribution in [2.45, 2.75) is 33.6 Å². The third-order valence-electron chi connectivity index (χ3n) is 3.12. The van der Waals surface area contributed by atoms with Crippen LogP contribution in [0.2, 0.25) is 0 Å². The lowest BCUT2D eigenvalue weighted by molar-refractivity contribution is 0.0527. The van der Waals surface area contributed by atoms with Gasteiger partial charge in [-0.2, -0.15) is 0 Å². The molecule has 0 amide bonds. The number of esters is 1. The highest BCUT2D eigenvalue weighted by Crippen LogP contribution is 2.18. The Balaban J connectivity index is 2.84. The van der Waals surface area contributed by atoms with Crippen molar-refractivity contribution in [3.63, 3.8) is 0 Å². The topological polar surface area (TPSA) is 77.2 Å². The van der Waals surface area contributed by atoms with E-state index in [-0.39, 0.29) is 0 Å². The van der Waals surface area contributed by atoms with Gasteiger partial charge in [-0.1, -0.05) is 26.7 Å². The molecule has 1 aromatic rings. The fourth-order valence-electron chi connectivity index (χ4n) is 1.80. The number of ether oxygens (including phenoxy) is 1. The Morgan fingerprint density at radius 3 is 2.68 bits per heavy atom. The molecular weight excluding hydrogens is 242 g/mol. The molecule has 0 aliphatic heterocycles. The summed E-state index contributed by atoms with van der Waals surface area (Å²) in [6.45, 7) is 7.20. The van der Waals surface area contributed by atoms with Gasteiger partial charge in [-0.25, -0.2) is 9.78 Å². The molecule has 19 heavy (non-hydrogen) atoms. The first-order valence-corrected chi connectivity index (χ1v) is 6.78. The number of nitrogens with two attached hydrogens (primary N) is 1. The Morgan fingerprint density at radius 2 is 2.11 bits per heavy atom. The number of anilines is 2. The van der Waals surface area contributed by atoms with Gasteiger partial charge >= 0.3 is 5.97 Å². The van der Waals surface area contributed by atoms with E-state index in [4.69, 9.17) is 10.5 Å². The first kappa shape index (κ1) is 15.3. The van der Waals surface area contributed by atoms with E-state index in [1.54, 1.807) is 13.0 Å². The minimum Gasteiger partial charge on any atom is -0.462 e. The SMILES string of the molecule is CCOC(=O)c1cc(N)cnc1NCC(CC)CC. The van der Waals surface area contributed by atoms with Gasteiger partial charge in [-0.3, -0.25) is 0 Å². The molecule has 1 aromatic heterocycles. The van der Waals surface area contributed by atoms with Gasteiger partial charge in [0.15, 0.2) is 0 Å². The molecule has 0 saturated heterocycles. The van der Waals surface area contributed by atoms with Crippen LogP contribution in [0.1, 0.15) is 44.0 Å². The Hall–Kier alpha value is -1.78. The molecule has 5 heteroatoms. The van der Waals surface area contributed by atoms with Crippen LogP contribution in [0.25, 0.3) is 0 Å². The van der Waals surface area contributed by atoms with Crippen molar-refractivity contribution < 1.29 is 9.53 Å². The average molecular weight is 265 g/mol. The van der Waals surface area contributed by atoms with E-state index < -0.39 is 5.97 Å².